The summed E-state index contributed by atoms with van der Waals surface area (Å²) >= 11 is 1.43. The average Bonchev–Trinajstić information content (AvgIpc) is 2.33. The van der Waals surface area contributed by atoms with Gasteiger partial charge in [0.1, 0.15) is 11.9 Å². The highest BCUT2D eigenvalue weighted by molar-refractivity contribution is 7.99. The molecule has 3 nitrogen and oxygen atoms in total. The third-order valence-electron chi connectivity index (χ3n) is 2.23. The van der Waals surface area contributed by atoms with Gasteiger partial charge in [0.15, 0.2) is 0 Å². The highest BCUT2D eigenvalue weighted by Gasteiger charge is 2.19. The fourth-order valence-electron chi connectivity index (χ4n) is 1.47. The molecule has 0 heterocycles. The first-order valence-corrected chi connectivity index (χ1v) is 6.73. The van der Waals surface area contributed by atoms with Gasteiger partial charge in [0, 0.05) is 16.7 Å². The Morgan fingerprint density at radius 3 is 2.78 bits per heavy atom. The number of carbonyl (C=O) groups is 1. The van der Waals surface area contributed by atoms with Gasteiger partial charge in [-0.3, -0.25) is 4.79 Å². The molecule has 1 unspecified atom stereocenters. The lowest BCUT2D eigenvalue weighted by atomic mass is 10.3. The Balaban J connectivity index is 2.58. The van der Waals surface area contributed by atoms with E-state index in [1.54, 1.807) is 6.07 Å². The Morgan fingerprint density at radius 2 is 2.22 bits per heavy atom. The monoisotopic (exact) mass is 271 g/mol. The minimum atomic E-state index is -0.386. The van der Waals surface area contributed by atoms with Crippen molar-refractivity contribution >= 4 is 17.7 Å². The minimum absolute atomic E-state index is 0.183. The van der Waals surface area contributed by atoms with Gasteiger partial charge in [-0.2, -0.15) is 0 Å². The molecular formula is C13H18FNO2S. The quantitative estimate of drug-likeness (QED) is 0.637. The number of rotatable bonds is 6. The van der Waals surface area contributed by atoms with Crippen LogP contribution >= 0.6 is 11.8 Å². The van der Waals surface area contributed by atoms with Crippen molar-refractivity contribution in [2.75, 3.05) is 12.9 Å². The first-order valence-electron chi connectivity index (χ1n) is 5.75. The molecule has 18 heavy (non-hydrogen) atoms. The number of carbonyl (C=O) groups excluding carboxylic acids is 1. The van der Waals surface area contributed by atoms with Crippen LogP contribution in [0.4, 0.5) is 4.39 Å². The van der Waals surface area contributed by atoms with Crippen LogP contribution in [0.3, 0.4) is 0 Å². The predicted molar refractivity (Wildman–Crippen MR) is 71.2 cm³/mol. The van der Waals surface area contributed by atoms with E-state index in [4.69, 9.17) is 4.74 Å². The number of halogens is 1. The van der Waals surface area contributed by atoms with Crippen LogP contribution in [-0.4, -0.2) is 30.9 Å². The Hall–Kier alpha value is -1.07. The van der Waals surface area contributed by atoms with E-state index in [1.165, 1.54) is 31.0 Å². The molecule has 1 aromatic carbocycles. The second-order valence-electron chi connectivity index (χ2n) is 4.17. The molecule has 0 bridgehead atoms. The van der Waals surface area contributed by atoms with Crippen LogP contribution in [0.2, 0.25) is 0 Å². The van der Waals surface area contributed by atoms with E-state index >= 15 is 0 Å². The van der Waals surface area contributed by atoms with Crippen molar-refractivity contribution in [2.45, 2.75) is 30.8 Å². The Morgan fingerprint density at radius 1 is 1.50 bits per heavy atom. The van der Waals surface area contributed by atoms with E-state index in [-0.39, 0.29) is 23.9 Å². The van der Waals surface area contributed by atoms with Gasteiger partial charge in [0.2, 0.25) is 0 Å². The Labute approximate surface area is 111 Å². The average molecular weight is 271 g/mol. The minimum Gasteiger partial charge on any atom is -0.468 e. The number of methoxy groups -OCH3 is 1. The van der Waals surface area contributed by atoms with Gasteiger partial charge in [-0.25, -0.2) is 4.39 Å². The number of benzene rings is 1. The Kier molecular flexibility index (Phi) is 6.15. The van der Waals surface area contributed by atoms with Gasteiger partial charge in [0.05, 0.1) is 7.11 Å². The number of hydrogen-bond acceptors (Lipinski definition) is 4. The summed E-state index contributed by atoms with van der Waals surface area (Å²) in [5.41, 5.74) is 0. The summed E-state index contributed by atoms with van der Waals surface area (Å²) in [6, 6.07) is 6.12. The molecule has 1 atom stereocenters. The second-order valence-corrected chi connectivity index (χ2v) is 5.26. The Bertz CT molecular complexity index is 398. The van der Waals surface area contributed by atoms with Gasteiger partial charge >= 0.3 is 5.97 Å². The standard InChI is InChI=1S/C13H18FNO2S/c1-9(2)15-12(13(16)17-3)8-18-11-6-4-5-10(14)7-11/h4-7,9,12,15H,8H2,1-3H3. The van der Waals surface area contributed by atoms with Crippen LogP contribution in [0.15, 0.2) is 29.2 Å². The molecule has 0 aliphatic carbocycles. The number of ether oxygens (including phenoxy) is 1. The summed E-state index contributed by atoms with van der Waals surface area (Å²) in [7, 11) is 1.37. The number of nitrogens with one attached hydrogen (secondary N) is 1. The molecule has 0 amide bonds. The molecule has 0 fully saturated rings. The highest BCUT2D eigenvalue weighted by Crippen LogP contribution is 2.19. The molecular weight excluding hydrogens is 253 g/mol. The van der Waals surface area contributed by atoms with Gasteiger partial charge in [-0.15, -0.1) is 11.8 Å². The van der Waals surface area contributed by atoms with Crippen LogP contribution in [0.25, 0.3) is 0 Å². The maximum atomic E-state index is 13.0. The van der Waals surface area contributed by atoms with Crippen LogP contribution in [0.5, 0.6) is 0 Å². The number of hydrogen-bond donors (Lipinski definition) is 1. The zero-order valence-corrected chi connectivity index (χ0v) is 11.6. The lowest BCUT2D eigenvalue weighted by Gasteiger charge is -2.18. The first kappa shape index (κ1) is 15.0. The van der Waals surface area contributed by atoms with Gasteiger partial charge in [-0.05, 0) is 18.2 Å². The third kappa shape index (κ3) is 5.06. The topological polar surface area (TPSA) is 38.3 Å². The molecule has 0 saturated heterocycles. The van der Waals surface area contributed by atoms with Gasteiger partial charge in [0.25, 0.3) is 0 Å². The summed E-state index contributed by atoms with van der Waals surface area (Å²) in [4.78, 5) is 12.4. The molecule has 0 spiro atoms. The van der Waals surface area contributed by atoms with Crippen molar-refractivity contribution in [2.24, 2.45) is 0 Å². The molecule has 0 saturated carbocycles. The molecule has 1 aromatic rings. The fraction of sp³-hybridized carbons (Fsp3) is 0.462. The van der Waals surface area contributed by atoms with Crippen LogP contribution in [0, 0.1) is 5.82 Å². The molecule has 0 aromatic heterocycles. The fourth-order valence-corrected chi connectivity index (χ4v) is 2.43. The first-order chi connectivity index (χ1) is 8.52. The number of thioether (sulfide) groups is 1. The van der Waals surface area contributed by atoms with Crippen molar-refractivity contribution in [1.29, 1.82) is 0 Å². The summed E-state index contributed by atoms with van der Waals surface area (Å²) in [6.07, 6.45) is 0. The summed E-state index contributed by atoms with van der Waals surface area (Å²) in [6.45, 7) is 3.92. The van der Waals surface area contributed by atoms with Crippen molar-refractivity contribution in [1.82, 2.24) is 5.32 Å². The highest BCUT2D eigenvalue weighted by atomic mass is 32.2. The third-order valence-corrected chi connectivity index (χ3v) is 3.32. The van der Waals surface area contributed by atoms with Crippen LogP contribution in [-0.2, 0) is 9.53 Å². The second kappa shape index (κ2) is 7.38. The van der Waals surface area contributed by atoms with Crippen molar-refractivity contribution in [3.8, 4) is 0 Å². The smallest absolute Gasteiger partial charge is 0.323 e. The summed E-state index contributed by atoms with van der Waals surface area (Å²) in [5, 5.41) is 3.13. The SMILES string of the molecule is COC(=O)C(CSc1cccc(F)c1)NC(C)C. The summed E-state index contributed by atoms with van der Waals surface area (Å²) < 4.78 is 17.7. The van der Waals surface area contributed by atoms with Gasteiger partial charge < -0.3 is 10.1 Å². The molecule has 0 radical (unpaired) electrons. The van der Waals surface area contributed by atoms with Crippen molar-refractivity contribution in [3.05, 3.63) is 30.1 Å². The van der Waals surface area contributed by atoms with E-state index in [0.29, 0.717) is 5.75 Å². The lowest BCUT2D eigenvalue weighted by molar-refractivity contribution is -0.142. The normalized spacial score (nSPS) is 12.5. The molecule has 100 valence electrons. The van der Waals surface area contributed by atoms with Crippen LogP contribution in [0.1, 0.15) is 13.8 Å². The molecule has 1 N–H and O–H groups in total. The maximum Gasteiger partial charge on any atom is 0.323 e. The summed E-state index contributed by atoms with van der Waals surface area (Å²) in [5.74, 6) is -0.0621. The zero-order valence-electron chi connectivity index (χ0n) is 10.8. The lowest BCUT2D eigenvalue weighted by Crippen LogP contribution is -2.43. The predicted octanol–water partition coefficient (Wildman–Crippen LogP) is 2.46. The molecule has 1 rings (SSSR count). The van der Waals surface area contributed by atoms with E-state index in [0.717, 1.165) is 4.90 Å². The van der Waals surface area contributed by atoms with E-state index < -0.39 is 0 Å². The maximum absolute atomic E-state index is 13.0. The zero-order chi connectivity index (χ0) is 13.5. The molecule has 0 aliphatic heterocycles. The van der Waals surface area contributed by atoms with E-state index in [2.05, 4.69) is 5.32 Å². The largest absolute Gasteiger partial charge is 0.468 e. The van der Waals surface area contributed by atoms with Crippen molar-refractivity contribution in [3.63, 3.8) is 0 Å². The molecule has 0 aliphatic rings. The van der Waals surface area contributed by atoms with Crippen LogP contribution < -0.4 is 5.32 Å². The van der Waals surface area contributed by atoms with E-state index in [1.807, 2.05) is 19.9 Å². The van der Waals surface area contributed by atoms with Crippen molar-refractivity contribution < 1.29 is 13.9 Å². The molecule has 5 heteroatoms. The van der Waals surface area contributed by atoms with E-state index in [9.17, 15) is 9.18 Å². The number of esters is 1. The van der Waals surface area contributed by atoms with Gasteiger partial charge in [-0.1, -0.05) is 19.9 Å².